The van der Waals surface area contributed by atoms with Crippen LogP contribution in [0.15, 0.2) is 48.5 Å². The molecule has 0 spiro atoms. The van der Waals surface area contributed by atoms with E-state index in [2.05, 4.69) is 37.8 Å². The van der Waals surface area contributed by atoms with E-state index < -0.39 is 0 Å². The number of aryl methyl sites for hydroxylation is 1. The fourth-order valence-electron chi connectivity index (χ4n) is 5.41. The summed E-state index contributed by atoms with van der Waals surface area (Å²) in [7, 11) is 0. The molecule has 2 fully saturated rings. The Hall–Kier alpha value is -2.46. The lowest BCUT2D eigenvalue weighted by Gasteiger charge is -2.38. The molecule has 0 N–H and O–H groups in total. The van der Waals surface area contributed by atoms with E-state index in [0.717, 1.165) is 5.56 Å². The quantitative estimate of drug-likeness (QED) is 0.722. The molecule has 4 nitrogen and oxygen atoms in total. The minimum Gasteiger partial charge on any atom is -0.283 e. The zero-order valence-corrected chi connectivity index (χ0v) is 16.1. The summed E-state index contributed by atoms with van der Waals surface area (Å²) < 4.78 is 0. The second kappa shape index (κ2) is 5.29. The smallest absolute Gasteiger partial charge is 0.239 e. The molecule has 2 aromatic carbocycles. The first-order valence-corrected chi connectivity index (χ1v) is 9.62. The van der Waals surface area contributed by atoms with Crippen LogP contribution in [0.1, 0.15) is 49.5 Å². The van der Waals surface area contributed by atoms with Crippen molar-refractivity contribution < 1.29 is 9.59 Å². The number of carbonyl (C=O) groups is 2. The van der Waals surface area contributed by atoms with Gasteiger partial charge in [-0.25, -0.2) is 4.90 Å². The van der Waals surface area contributed by atoms with Crippen LogP contribution in [0, 0.1) is 18.8 Å². The molecule has 4 heteroatoms. The summed E-state index contributed by atoms with van der Waals surface area (Å²) in [6.45, 7) is 8.52. The molecule has 0 aliphatic carbocycles. The number of amides is 2. The van der Waals surface area contributed by atoms with E-state index in [1.165, 1.54) is 16.0 Å². The van der Waals surface area contributed by atoms with Crippen LogP contribution in [-0.2, 0) is 9.59 Å². The molecule has 0 unspecified atom stereocenters. The fraction of sp³-hybridized carbons (Fsp3) is 0.391. The fourth-order valence-corrected chi connectivity index (χ4v) is 5.41. The Bertz CT molecular complexity index is 908. The third-order valence-electron chi connectivity index (χ3n) is 6.38. The highest BCUT2D eigenvalue weighted by atomic mass is 16.2. The summed E-state index contributed by atoms with van der Waals surface area (Å²) in [5.74, 6) is -0.689. The van der Waals surface area contributed by atoms with Gasteiger partial charge in [0.05, 0.1) is 17.5 Å². The van der Waals surface area contributed by atoms with Crippen molar-refractivity contribution in [3.8, 4) is 0 Å². The third kappa shape index (κ3) is 2.08. The van der Waals surface area contributed by atoms with Crippen LogP contribution in [0.2, 0.25) is 0 Å². The van der Waals surface area contributed by atoms with Gasteiger partial charge in [0.1, 0.15) is 0 Å². The van der Waals surface area contributed by atoms with Crippen LogP contribution in [-0.4, -0.2) is 22.3 Å². The maximum Gasteiger partial charge on any atom is 0.239 e. The van der Waals surface area contributed by atoms with Gasteiger partial charge in [0.15, 0.2) is 0 Å². The van der Waals surface area contributed by atoms with Crippen LogP contribution in [0.25, 0.3) is 0 Å². The third-order valence-corrected chi connectivity index (χ3v) is 6.38. The Morgan fingerprint density at radius 1 is 0.778 bits per heavy atom. The topological polar surface area (TPSA) is 40.6 Å². The average molecular weight is 360 g/mol. The summed E-state index contributed by atoms with van der Waals surface area (Å²) in [6, 6.07) is 15.9. The first-order valence-electron chi connectivity index (χ1n) is 9.62. The van der Waals surface area contributed by atoms with Crippen molar-refractivity contribution in [1.82, 2.24) is 4.90 Å². The van der Waals surface area contributed by atoms with Gasteiger partial charge in [0.2, 0.25) is 11.8 Å². The van der Waals surface area contributed by atoms with Crippen molar-refractivity contribution in [2.24, 2.45) is 11.8 Å². The minimum absolute atomic E-state index is 0.0249. The predicted octanol–water partition coefficient (Wildman–Crippen LogP) is 4.01. The number of nitrogens with zero attached hydrogens (tertiary/aromatic N) is 2. The molecule has 27 heavy (non-hydrogen) atoms. The lowest BCUT2D eigenvalue weighted by Crippen LogP contribution is -2.43. The van der Waals surface area contributed by atoms with E-state index in [0.29, 0.717) is 5.69 Å². The van der Waals surface area contributed by atoms with Gasteiger partial charge in [-0.1, -0.05) is 42.0 Å². The van der Waals surface area contributed by atoms with Crippen molar-refractivity contribution in [2.45, 2.75) is 45.3 Å². The number of hydrogen-bond donors (Lipinski definition) is 0. The van der Waals surface area contributed by atoms with Crippen molar-refractivity contribution >= 4 is 17.5 Å². The van der Waals surface area contributed by atoms with E-state index in [1.807, 2.05) is 43.3 Å². The molecule has 2 aromatic rings. The molecule has 3 aliphatic heterocycles. The molecule has 2 amide bonds. The molecular formula is C23H24N2O2. The summed E-state index contributed by atoms with van der Waals surface area (Å²) in [6.07, 6.45) is 0. The first-order chi connectivity index (χ1) is 12.8. The summed E-state index contributed by atoms with van der Waals surface area (Å²) in [5, 5.41) is 0. The Morgan fingerprint density at radius 3 is 1.70 bits per heavy atom. The van der Waals surface area contributed by atoms with Crippen molar-refractivity contribution in [2.75, 3.05) is 4.90 Å². The molecular weight excluding hydrogens is 336 g/mol. The zero-order chi connectivity index (χ0) is 19.1. The van der Waals surface area contributed by atoms with Crippen LogP contribution < -0.4 is 4.90 Å². The number of imide groups is 1. The second-order valence-corrected chi connectivity index (χ2v) is 9.00. The number of hydrogen-bond acceptors (Lipinski definition) is 3. The Kier molecular flexibility index (Phi) is 3.27. The van der Waals surface area contributed by atoms with Crippen LogP contribution in [0.3, 0.4) is 0 Å². The summed E-state index contributed by atoms with van der Waals surface area (Å²) in [5.41, 5.74) is 4.12. The molecule has 3 heterocycles. The Labute approximate surface area is 159 Å². The van der Waals surface area contributed by atoms with Gasteiger partial charge >= 0.3 is 0 Å². The summed E-state index contributed by atoms with van der Waals surface area (Å²) in [4.78, 5) is 30.7. The van der Waals surface area contributed by atoms with E-state index in [1.54, 1.807) is 0 Å². The van der Waals surface area contributed by atoms with Gasteiger partial charge < -0.3 is 0 Å². The molecule has 0 radical (unpaired) electrons. The van der Waals surface area contributed by atoms with E-state index in [9.17, 15) is 9.59 Å². The maximum absolute atomic E-state index is 13.4. The molecule has 138 valence electrons. The number of carbonyl (C=O) groups excluding carboxylic acids is 2. The van der Waals surface area contributed by atoms with Crippen LogP contribution in [0.4, 0.5) is 5.69 Å². The minimum atomic E-state index is -0.294. The standard InChI is InChI=1S/C23H24N2O2/c1-13-9-11-14(12-10-13)24-21(26)17-18(22(24)27)20-16-8-6-5-7-15(16)19(17)25(20)23(2,3)4/h5-12,17-20H,1-4H3/t17-,18+,19-,20+. The molecule has 2 saturated heterocycles. The lowest BCUT2D eigenvalue weighted by atomic mass is 9.77. The molecule has 5 rings (SSSR count). The molecule has 0 aromatic heterocycles. The number of fused-ring (bicyclic) bond motifs is 8. The normalized spacial score (nSPS) is 29.4. The van der Waals surface area contributed by atoms with Crippen LogP contribution in [0.5, 0.6) is 0 Å². The zero-order valence-electron chi connectivity index (χ0n) is 16.1. The highest BCUT2D eigenvalue weighted by Gasteiger charge is 2.68. The van der Waals surface area contributed by atoms with Crippen molar-refractivity contribution in [1.29, 1.82) is 0 Å². The molecule has 4 atom stereocenters. The van der Waals surface area contributed by atoms with Gasteiger partial charge in [0, 0.05) is 17.6 Å². The largest absolute Gasteiger partial charge is 0.283 e. The van der Waals surface area contributed by atoms with Gasteiger partial charge in [-0.3, -0.25) is 14.5 Å². The van der Waals surface area contributed by atoms with Gasteiger partial charge in [-0.2, -0.15) is 0 Å². The second-order valence-electron chi connectivity index (χ2n) is 9.00. The highest BCUT2D eigenvalue weighted by Crippen LogP contribution is 2.64. The highest BCUT2D eigenvalue weighted by molar-refractivity contribution is 6.23. The van der Waals surface area contributed by atoms with Crippen LogP contribution >= 0.6 is 0 Å². The van der Waals surface area contributed by atoms with Crippen molar-refractivity contribution in [3.63, 3.8) is 0 Å². The number of rotatable bonds is 1. The van der Waals surface area contributed by atoms with E-state index in [-0.39, 0.29) is 41.3 Å². The molecule has 3 aliphatic rings. The summed E-state index contributed by atoms with van der Waals surface area (Å²) >= 11 is 0. The lowest BCUT2D eigenvalue weighted by molar-refractivity contribution is -0.124. The number of anilines is 1. The van der Waals surface area contributed by atoms with E-state index in [4.69, 9.17) is 0 Å². The predicted molar refractivity (Wildman–Crippen MR) is 104 cm³/mol. The molecule has 0 saturated carbocycles. The van der Waals surface area contributed by atoms with Crippen molar-refractivity contribution in [3.05, 3.63) is 65.2 Å². The SMILES string of the molecule is Cc1ccc(N2C(=O)[C@@H]3[C@H](C2=O)[C@@H]2c4ccccc4[C@H]3N2C(C)(C)C)cc1. The Balaban J connectivity index is 1.64. The average Bonchev–Trinajstić information content (AvgIpc) is 3.23. The van der Waals surface area contributed by atoms with E-state index >= 15 is 0 Å². The Morgan fingerprint density at radius 2 is 1.26 bits per heavy atom. The monoisotopic (exact) mass is 360 g/mol. The number of benzene rings is 2. The molecule has 2 bridgehead atoms. The van der Waals surface area contributed by atoms with Gasteiger partial charge in [-0.05, 0) is 51.0 Å². The van der Waals surface area contributed by atoms with Gasteiger partial charge in [0.25, 0.3) is 0 Å². The maximum atomic E-state index is 13.4. The van der Waals surface area contributed by atoms with Gasteiger partial charge in [-0.15, -0.1) is 0 Å². The first kappa shape index (κ1) is 16.7.